The van der Waals surface area contributed by atoms with Crippen LogP contribution in [0.25, 0.3) is 0 Å². The highest BCUT2D eigenvalue weighted by Crippen LogP contribution is 2.26. The van der Waals surface area contributed by atoms with Crippen LogP contribution >= 0.6 is 0 Å². The Bertz CT molecular complexity index is 555. The zero-order valence-electron chi connectivity index (χ0n) is 13.2. The molecule has 6 nitrogen and oxygen atoms in total. The molecule has 0 saturated carbocycles. The lowest BCUT2D eigenvalue weighted by molar-refractivity contribution is -0.0974. The van der Waals surface area contributed by atoms with Gasteiger partial charge in [0.1, 0.15) is 0 Å². The number of fused-ring (bicyclic) bond motifs is 1. The predicted molar refractivity (Wildman–Crippen MR) is 81.6 cm³/mol. The van der Waals surface area contributed by atoms with Gasteiger partial charge < -0.3 is 19.7 Å². The molecule has 0 aromatic heterocycles. The third kappa shape index (κ3) is 3.28. The zero-order valence-corrected chi connectivity index (χ0v) is 13.2. The fourth-order valence-electron chi connectivity index (χ4n) is 2.59. The molecule has 120 valence electrons. The number of nitrogens with zero attached hydrogens (tertiary/aromatic N) is 1. The van der Waals surface area contributed by atoms with Crippen molar-refractivity contribution >= 4 is 11.8 Å². The Hall–Kier alpha value is -1.92. The van der Waals surface area contributed by atoms with Crippen LogP contribution in [-0.4, -0.2) is 50.3 Å². The van der Waals surface area contributed by atoms with Crippen molar-refractivity contribution in [2.75, 3.05) is 27.3 Å². The van der Waals surface area contributed by atoms with E-state index in [0.29, 0.717) is 24.2 Å². The summed E-state index contributed by atoms with van der Waals surface area (Å²) in [7, 11) is 3.01. The molecule has 0 radical (unpaired) electrons. The number of nitrogens with one attached hydrogen (secondary N) is 1. The van der Waals surface area contributed by atoms with Gasteiger partial charge in [-0.05, 0) is 18.1 Å². The molecule has 1 aromatic rings. The van der Waals surface area contributed by atoms with E-state index >= 15 is 0 Å². The molecular formula is C16H22N2O4. The van der Waals surface area contributed by atoms with Crippen LogP contribution in [0.15, 0.2) is 18.2 Å². The van der Waals surface area contributed by atoms with E-state index < -0.39 is 6.29 Å². The van der Waals surface area contributed by atoms with Crippen molar-refractivity contribution in [1.82, 2.24) is 10.2 Å². The van der Waals surface area contributed by atoms with Gasteiger partial charge in [0.15, 0.2) is 6.29 Å². The predicted octanol–water partition coefficient (Wildman–Crippen LogP) is 1.40. The van der Waals surface area contributed by atoms with Gasteiger partial charge in [-0.1, -0.05) is 19.1 Å². The molecule has 6 heteroatoms. The van der Waals surface area contributed by atoms with Crippen molar-refractivity contribution in [2.45, 2.75) is 26.2 Å². The van der Waals surface area contributed by atoms with Crippen molar-refractivity contribution in [2.24, 2.45) is 0 Å². The number of hydrogen-bond acceptors (Lipinski definition) is 4. The molecule has 0 atom stereocenters. The molecule has 2 amide bonds. The van der Waals surface area contributed by atoms with Gasteiger partial charge in [0.25, 0.3) is 11.8 Å². The number of amides is 2. The Morgan fingerprint density at radius 1 is 1.36 bits per heavy atom. The second kappa shape index (κ2) is 7.38. The van der Waals surface area contributed by atoms with Crippen molar-refractivity contribution in [1.29, 1.82) is 0 Å². The molecule has 0 unspecified atom stereocenters. The van der Waals surface area contributed by atoms with E-state index in [1.54, 1.807) is 17.0 Å². The highest BCUT2D eigenvalue weighted by molar-refractivity contribution is 6.09. The number of carbonyl (C=O) groups excluding carboxylic acids is 2. The molecular weight excluding hydrogens is 284 g/mol. The monoisotopic (exact) mass is 306 g/mol. The van der Waals surface area contributed by atoms with Crippen LogP contribution in [0.3, 0.4) is 0 Å². The minimum Gasteiger partial charge on any atom is -0.354 e. The summed E-state index contributed by atoms with van der Waals surface area (Å²) in [5.41, 5.74) is 1.83. The molecule has 1 heterocycles. The van der Waals surface area contributed by atoms with Gasteiger partial charge in [-0.25, -0.2) is 0 Å². The topological polar surface area (TPSA) is 67.9 Å². The van der Waals surface area contributed by atoms with Crippen LogP contribution < -0.4 is 5.32 Å². The third-order valence-corrected chi connectivity index (χ3v) is 3.71. The molecule has 0 saturated heterocycles. The van der Waals surface area contributed by atoms with Gasteiger partial charge in [-0.3, -0.25) is 9.59 Å². The average molecular weight is 306 g/mol. The molecule has 0 bridgehead atoms. The van der Waals surface area contributed by atoms with Crippen molar-refractivity contribution in [3.05, 3.63) is 34.9 Å². The summed E-state index contributed by atoms with van der Waals surface area (Å²) in [5.74, 6) is -0.361. The summed E-state index contributed by atoms with van der Waals surface area (Å²) in [6, 6.07) is 5.38. The first-order chi connectivity index (χ1) is 10.6. The lowest BCUT2D eigenvalue weighted by Gasteiger charge is -2.15. The first kappa shape index (κ1) is 16.5. The molecule has 1 N–H and O–H groups in total. The minimum atomic E-state index is -0.506. The van der Waals surface area contributed by atoms with Crippen LogP contribution in [-0.2, 0) is 16.0 Å². The minimum absolute atomic E-state index is 0.0716. The highest BCUT2D eigenvalue weighted by atomic mass is 16.7. The molecule has 0 spiro atoms. The van der Waals surface area contributed by atoms with Crippen LogP contribution in [0, 0.1) is 0 Å². The SMILES string of the molecule is CCCN1Cc2cccc(C(=O)NCC(OC)OC)c2C1=O. The summed E-state index contributed by atoms with van der Waals surface area (Å²) < 4.78 is 10.1. The summed E-state index contributed by atoms with van der Waals surface area (Å²) in [5, 5.41) is 2.74. The summed E-state index contributed by atoms with van der Waals surface area (Å²) >= 11 is 0. The van der Waals surface area contributed by atoms with Gasteiger partial charge in [-0.15, -0.1) is 0 Å². The fourth-order valence-corrected chi connectivity index (χ4v) is 2.59. The number of carbonyl (C=O) groups is 2. The number of benzene rings is 1. The van der Waals surface area contributed by atoms with E-state index in [1.807, 2.05) is 13.0 Å². The smallest absolute Gasteiger partial charge is 0.255 e. The molecule has 22 heavy (non-hydrogen) atoms. The van der Waals surface area contributed by atoms with E-state index in [4.69, 9.17) is 9.47 Å². The number of rotatable bonds is 7. The number of hydrogen-bond donors (Lipinski definition) is 1. The lowest BCUT2D eigenvalue weighted by Crippen LogP contribution is -2.35. The second-order valence-electron chi connectivity index (χ2n) is 5.18. The number of methoxy groups -OCH3 is 2. The molecule has 1 aromatic carbocycles. The van der Waals surface area contributed by atoms with E-state index in [0.717, 1.165) is 12.0 Å². The van der Waals surface area contributed by atoms with Crippen molar-refractivity contribution in [3.8, 4) is 0 Å². The first-order valence-corrected chi connectivity index (χ1v) is 7.37. The average Bonchev–Trinajstić information content (AvgIpc) is 2.85. The standard InChI is InChI=1S/C16H22N2O4/c1-4-8-18-10-11-6-5-7-12(14(11)16(18)20)15(19)17-9-13(21-2)22-3/h5-7,13H,4,8-10H2,1-3H3,(H,17,19). The molecule has 0 aliphatic carbocycles. The van der Waals surface area contributed by atoms with Gasteiger partial charge in [-0.2, -0.15) is 0 Å². The number of ether oxygens (including phenoxy) is 2. The van der Waals surface area contributed by atoms with Gasteiger partial charge >= 0.3 is 0 Å². The van der Waals surface area contributed by atoms with Gasteiger partial charge in [0, 0.05) is 27.3 Å². The Morgan fingerprint density at radius 3 is 2.73 bits per heavy atom. The highest BCUT2D eigenvalue weighted by Gasteiger charge is 2.31. The molecule has 2 rings (SSSR count). The Labute approximate surface area is 130 Å². The fraction of sp³-hybridized carbons (Fsp3) is 0.500. The largest absolute Gasteiger partial charge is 0.354 e. The van der Waals surface area contributed by atoms with E-state index in [2.05, 4.69) is 5.32 Å². The summed E-state index contributed by atoms with van der Waals surface area (Å²) in [6.07, 6.45) is 0.387. The summed E-state index contributed by atoms with van der Waals surface area (Å²) in [4.78, 5) is 26.6. The van der Waals surface area contributed by atoms with E-state index in [-0.39, 0.29) is 18.4 Å². The maximum Gasteiger partial charge on any atom is 0.255 e. The van der Waals surface area contributed by atoms with Crippen LogP contribution in [0.2, 0.25) is 0 Å². The Morgan fingerprint density at radius 2 is 2.09 bits per heavy atom. The van der Waals surface area contributed by atoms with Crippen molar-refractivity contribution in [3.63, 3.8) is 0 Å². The van der Waals surface area contributed by atoms with Crippen LogP contribution in [0.1, 0.15) is 39.6 Å². The van der Waals surface area contributed by atoms with E-state index in [9.17, 15) is 9.59 Å². The van der Waals surface area contributed by atoms with Crippen molar-refractivity contribution < 1.29 is 19.1 Å². The molecule has 1 aliphatic heterocycles. The zero-order chi connectivity index (χ0) is 16.1. The molecule has 1 aliphatic rings. The lowest BCUT2D eigenvalue weighted by atomic mass is 10.0. The third-order valence-electron chi connectivity index (χ3n) is 3.71. The normalized spacial score (nSPS) is 13.6. The van der Waals surface area contributed by atoms with Gasteiger partial charge in [0.2, 0.25) is 0 Å². The Balaban J connectivity index is 2.16. The Kier molecular flexibility index (Phi) is 5.51. The maximum atomic E-state index is 12.5. The van der Waals surface area contributed by atoms with Crippen LogP contribution in [0.5, 0.6) is 0 Å². The first-order valence-electron chi connectivity index (χ1n) is 7.37. The summed E-state index contributed by atoms with van der Waals surface area (Å²) in [6.45, 7) is 3.52. The molecule has 0 fully saturated rings. The van der Waals surface area contributed by atoms with Crippen LogP contribution in [0.4, 0.5) is 0 Å². The second-order valence-corrected chi connectivity index (χ2v) is 5.18. The quantitative estimate of drug-likeness (QED) is 0.773. The van der Waals surface area contributed by atoms with E-state index in [1.165, 1.54) is 14.2 Å². The maximum absolute atomic E-state index is 12.5. The van der Waals surface area contributed by atoms with Gasteiger partial charge in [0.05, 0.1) is 17.7 Å².